The van der Waals surface area contributed by atoms with E-state index >= 15 is 0 Å². The normalized spacial score (nSPS) is 18.6. The SMILES string of the molecule is COC(=O)/C(C#N)=C1\NC(=O)c2c(sc3c2CCCC3)N1. The summed E-state index contributed by atoms with van der Waals surface area (Å²) in [5, 5.41) is 15.4. The van der Waals surface area contributed by atoms with E-state index in [0.717, 1.165) is 31.2 Å². The Morgan fingerprint density at radius 1 is 1.33 bits per heavy atom. The molecule has 1 aliphatic carbocycles. The van der Waals surface area contributed by atoms with E-state index in [1.54, 1.807) is 6.07 Å². The quantitative estimate of drug-likeness (QED) is 0.468. The van der Waals surface area contributed by atoms with Crippen molar-refractivity contribution in [1.29, 1.82) is 5.26 Å². The summed E-state index contributed by atoms with van der Waals surface area (Å²) in [6.45, 7) is 0. The monoisotopic (exact) mass is 303 g/mol. The summed E-state index contributed by atoms with van der Waals surface area (Å²) in [6.07, 6.45) is 4.08. The average molecular weight is 303 g/mol. The number of methoxy groups -OCH3 is 1. The van der Waals surface area contributed by atoms with Crippen molar-refractivity contribution in [2.24, 2.45) is 0 Å². The molecule has 1 aromatic heterocycles. The predicted octanol–water partition coefficient (Wildman–Crippen LogP) is 1.69. The van der Waals surface area contributed by atoms with E-state index in [-0.39, 0.29) is 17.3 Å². The molecular weight excluding hydrogens is 290 g/mol. The van der Waals surface area contributed by atoms with Gasteiger partial charge in [-0.15, -0.1) is 11.3 Å². The molecule has 0 bridgehead atoms. The van der Waals surface area contributed by atoms with Crippen LogP contribution in [-0.4, -0.2) is 19.0 Å². The molecule has 0 radical (unpaired) electrons. The molecule has 1 aliphatic heterocycles. The van der Waals surface area contributed by atoms with Gasteiger partial charge in [0.25, 0.3) is 5.91 Å². The molecule has 0 saturated carbocycles. The predicted molar refractivity (Wildman–Crippen MR) is 76.7 cm³/mol. The number of ether oxygens (including phenoxy) is 1. The van der Waals surface area contributed by atoms with Crippen LogP contribution in [-0.2, 0) is 22.4 Å². The van der Waals surface area contributed by atoms with E-state index in [1.807, 2.05) is 0 Å². The lowest BCUT2D eigenvalue weighted by Crippen LogP contribution is -2.35. The molecule has 21 heavy (non-hydrogen) atoms. The summed E-state index contributed by atoms with van der Waals surface area (Å²) in [4.78, 5) is 25.1. The molecule has 1 aromatic rings. The summed E-state index contributed by atoms with van der Waals surface area (Å²) in [7, 11) is 1.19. The first-order chi connectivity index (χ1) is 10.2. The van der Waals surface area contributed by atoms with Crippen molar-refractivity contribution in [2.75, 3.05) is 12.4 Å². The molecule has 1 amide bonds. The number of aryl methyl sites for hydroxylation is 1. The van der Waals surface area contributed by atoms with Gasteiger partial charge >= 0.3 is 5.97 Å². The van der Waals surface area contributed by atoms with Crippen molar-refractivity contribution in [3.8, 4) is 6.07 Å². The van der Waals surface area contributed by atoms with Gasteiger partial charge in [0.15, 0.2) is 5.57 Å². The molecule has 2 aliphatic rings. The number of nitrogens with zero attached hydrogens (tertiary/aromatic N) is 1. The Balaban J connectivity index is 2.06. The van der Waals surface area contributed by atoms with E-state index < -0.39 is 5.97 Å². The van der Waals surface area contributed by atoms with Crippen LogP contribution in [0.4, 0.5) is 5.00 Å². The fourth-order valence-electron chi connectivity index (χ4n) is 2.65. The second-order valence-corrected chi connectivity index (χ2v) is 5.95. The fraction of sp³-hybridized carbons (Fsp3) is 0.357. The minimum absolute atomic E-state index is 0.0976. The maximum Gasteiger partial charge on any atom is 0.352 e. The van der Waals surface area contributed by atoms with Crippen LogP contribution in [0.3, 0.4) is 0 Å². The number of rotatable bonds is 1. The maximum absolute atomic E-state index is 12.3. The number of hydrogen-bond acceptors (Lipinski definition) is 6. The Labute approximate surface area is 125 Å². The summed E-state index contributed by atoms with van der Waals surface area (Å²) in [5.74, 6) is -0.944. The molecule has 0 spiro atoms. The first-order valence-electron chi connectivity index (χ1n) is 6.61. The van der Waals surface area contributed by atoms with Crippen LogP contribution in [0.15, 0.2) is 11.4 Å². The molecule has 6 nitrogen and oxygen atoms in total. The number of nitriles is 1. The standard InChI is InChI=1S/C14H13N3O3S/c1-20-14(19)8(6-15)11-16-12(18)10-7-4-2-3-5-9(7)21-13(10)17-11/h17H,2-5H2,1H3,(H,16,18)/b11-8+. The third-order valence-corrected chi connectivity index (χ3v) is 4.83. The molecule has 2 N–H and O–H groups in total. The number of carbonyl (C=O) groups excluding carboxylic acids is 2. The van der Waals surface area contributed by atoms with Crippen molar-refractivity contribution >= 4 is 28.2 Å². The van der Waals surface area contributed by atoms with Gasteiger partial charge in [0.05, 0.1) is 12.7 Å². The minimum Gasteiger partial charge on any atom is -0.465 e. The highest BCUT2D eigenvalue weighted by Gasteiger charge is 2.31. The van der Waals surface area contributed by atoms with Crippen molar-refractivity contribution in [1.82, 2.24) is 5.32 Å². The van der Waals surface area contributed by atoms with Gasteiger partial charge in [0.2, 0.25) is 0 Å². The Kier molecular flexibility index (Phi) is 3.39. The number of nitrogens with one attached hydrogen (secondary N) is 2. The van der Waals surface area contributed by atoms with Gasteiger partial charge in [0.1, 0.15) is 16.9 Å². The van der Waals surface area contributed by atoms with Crippen LogP contribution in [0.25, 0.3) is 0 Å². The lowest BCUT2D eigenvalue weighted by atomic mass is 9.95. The molecule has 0 saturated heterocycles. The zero-order valence-electron chi connectivity index (χ0n) is 11.4. The molecule has 0 aromatic carbocycles. The Hall–Kier alpha value is -2.33. The van der Waals surface area contributed by atoms with Crippen LogP contribution >= 0.6 is 11.3 Å². The smallest absolute Gasteiger partial charge is 0.352 e. The van der Waals surface area contributed by atoms with Crippen LogP contribution in [0.2, 0.25) is 0 Å². The first-order valence-corrected chi connectivity index (χ1v) is 7.43. The average Bonchev–Trinajstić information content (AvgIpc) is 2.86. The molecule has 108 valence electrons. The molecular formula is C14H13N3O3S. The molecule has 0 unspecified atom stereocenters. The largest absolute Gasteiger partial charge is 0.465 e. The number of amides is 1. The lowest BCUT2D eigenvalue weighted by molar-refractivity contribution is -0.135. The molecule has 0 fully saturated rings. The second kappa shape index (κ2) is 5.22. The third-order valence-electron chi connectivity index (χ3n) is 3.63. The van der Waals surface area contributed by atoms with Crippen molar-refractivity contribution in [3.63, 3.8) is 0 Å². The van der Waals surface area contributed by atoms with Crippen LogP contribution < -0.4 is 10.6 Å². The zero-order chi connectivity index (χ0) is 15.0. The van der Waals surface area contributed by atoms with Gasteiger partial charge in [0, 0.05) is 4.88 Å². The van der Waals surface area contributed by atoms with E-state index in [1.165, 1.54) is 23.3 Å². The second-order valence-electron chi connectivity index (χ2n) is 4.85. The third kappa shape index (κ3) is 2.17. The summed E-state index contributed by atoms with van der Waals surface area (Å²) >= 11 is 1.52. The van der Waals surface area contributed by atoms with Gasteiger partial charge in [-0.25, -0.2) is 4.79 Å². The minimum atomic E-state index is -0.773. The summed E-state index contributed by atoms with van der Waals surface area (Å²) < 4.78 is 4.55. The van der Waals surface area contributed by atoms with Gasteiger partial charge in [-0.3, -0.25) is 4.79 Å². The summed E-state index contributed by atoms with van der Waals surface area (Å²) in [6, 6.07) is 1.77. The number of thiophene rings is 1. The van der Waals surface area contributed by atoms with Crippen molar-refractivity contribution < 1.29 is 14.3 Å². The number of hydrogen-bond donors (Lipinski definition) is 2. The highest BCUT2D eigenvalue weighted by Crippen LogP contribution is 2.40. The van der Waals surface area contributed by atoms with Crippen LogP contribution in [0.5, 0.6) is 0 Å². The van der Waals surface area contributed by atoms with Gasteiger partial charge in [-0.2, -0.15) is 5.26 Å². The van der Waals surface area contributed by atoms with Crippen molar-refractivity contribution in [3.05, 3.63) is 27.4 Å². The Morgan fingerprint density at radius 2 is 2.10 bits per heavy atom. The number of fused-ring (bicyclic) bond motifs is 3. The van der Waals surface area contributed by atoms with E-state index in [9.17, 15) is 9.59 Å². The number of anilines is 1. The number of carbonyl (C=O) groups is 2. The topological polar surface area (TPSA) is 91.2 Å². The Morgan fingerprint density at radius 3 is 2.81 bits per heavy atom. The molecule has 7 heteroatoms. The molecule has 0 atom stereocenters. The fourth-order valence-corrected chi connectivity index (χ4v) is 3.94. The Bertz CT molecular complexity index is 712. The highest BCUT2D eigenvalue weighted by molar-refractivity contribution is 7.16. The maximum atomic E-state index is 12.3. The zero-order valence-corrected chi connectivity index (χ0v) is 12.2. The number of esters is 1. The summed E-state index contributed by atoms with van der Waals surface area (Å²) in [5.41, 5.74) is 1.52. The van der Waals surface area contributed by atoms with Crippen LogP contribution in [0, 0.1) is 11.3 Å². The molecule has 2 heterocycles. The van der Waals surface area contributed by atoms with Crippen molar-refractivity contribution in [2.45, 2.75) is 25.7 Å². The lowest BCUT2D eigenvalue weighted by Gasteiger charge is -2.20. The van der Waals surface area contributed by atoms with Gasteiger partial charge in [-0.05, 0) is 31.2 Å². The van der Waals surface area contributed by atoms with Gasteiger partial charge in [-0.1, -0.05) is 0 Å². The highest BCUT2D eigenvalue weighted by atomic mass is 32.1. The van der Waals surface area contributed by atoms with E-state index in [4.69, 9.17) is 5.26 Å². The van der Waals surface area contributed by atoms with Gasteiger partial charge < -0.3 is 15.4 Å². The van der Waals surface area contributed by atoms with E-state index in [2.05, 4.69) is 15.4 Å². The van der Waals surface area contributed by atoms with Crippen LogP contribution in [0.1, 0.15) is 33.6 Å². The first kappa shape index (κ1) is 13.6. The molecule has 3 rings (SSSR count). The van der Waals surface area contributed by atoms with E-state index in [0.29, 0.717) is 10.6 Å².